The molecule has 0 spiro atoms. The summed E-state index contributed by atoms with van der Waals surface area (Å²) in [6, 6.07) is 11.4. The largest absolute Gasteiger partial charge is 0.496 e. The summed E-state index contributed by atoms with van der Waals surface area (Å²) in [6.07, 6.45) is -0.613. The number of amides is 1. The minimum absolute atomic E-state index is 0.0657. The summed E-state index contributed by atoms with van der Waals surface area (Å²) in [4.78, 5) is 36.4. The smallest absolute Gasteiger partial charge is 0.342 e. The maximum Gasteiger partial charge on any atom is 0.342 e. The quantitative estimate of drug-likeness (QED) is 0.568. The average molecular weight is 390 g/mol. The Kier molecular flexibility index (Phi) is 6.96. The van der Waals surface area contributed by atoms with Gasteiger partial charge in [0.05, 0.1) is 17.8 Å². The van der Waals surface area contributed by atoms with E-state index in [9.17, 15) is 14.4 Å². The molecule has 2 aromatic carbocycles. The molecule has 0 radical (unpaired) electrons. The van der Waals surface area contributed by atoms with E-state index in [1.807, 2.05) is 0 Å². The summed E-state index contributed by atoms with van der Waals surface area (Å²) in [5.74, 6) is -1.16. The number of anilines is 1. The fraction of sp³-hybridized carbons (Fsp3) is 0.250. The molecule has 0 saturated carbocycles. The van der Waals surface area contributed by atoms with Crippen molar-refractivity contribution in [3.63, 3.8) is 0 Å². The second-order valence-corrected chi connectivity index (χ2v) is 6.15. The van der Waals surface area contributed by atoms with Gasteiger partial charge in [-0.05, 0) is 12.5 Å². The molecule has 6 nitrogen and oxygen atoms in total. The Labute approximate surface area is 162 Å². The van der Waals surface area contributed by atoms with Crippen LogP contribution in [0.4, 0.5) is 5.69 Å². The number of rotatable bonds is 7. The predicted octanol–water partition coefficient (Wildman–Crippen LogP) is 4.13. The number of esters is 1. The van der Waals surface area contributed by atoms with E-state index in [0.717, 1.165) is 0 Å². The van der Waals surface area contributed by atoms with E-state index in [0.29, 0.717) is 17.7 Å². The summed E-state index contributed by atoms with van der Waals surface area (Å²) in [7, 11) is 1.38. The molecule has 0 aliphatic carbocycles. The van der Waals surface area contributed by atoms with Crippen molar-refractivity contribution in [2.75, 3.05) is 12.4 Å². The van der Waals surface area contributed by atoms with Gasteiger partial charge in [0, 0.05) is 18.6 Å². The van der Waals surface area contributed by atoms with Gasteiger partial charge in [0.15, 0.2) is 6.10 Å². The Balaban J connectivity index is 2.26. The molecule has 2 rings (SSSR count). The number of benzene rings is 2. The highest BCUT2D eigenvalue weighted by atomic mass is 35.5. The lowest BCUT2D eigenvalue weighted by molar-refractivity contribution is -0.114. The number of halogens is 1. The van der Waals surface area contributed by atoms with Crippen molar-refractivity contribution < 1.29 is 23.9 Å². The molecule has 27 heavy (non-hydrogen) atoms. The van der Waals surface area contributed by atoms with Crippen LogP contribution in [0.5, 0.6) is 5.75 Å². The molecule has 0 saturated heterocycles. The molecule has 0 aliphatic heterocycles. The van der Waals surface area contributed by atoms with Gasteiger partial charge in [-0.25, -0.2) is 4.79 Å². The zero-order valence-electron chi connectivity index (χ0n) is 15.2. The van der Waals surface area contributed by atoms with Crippen molar-refractivity contribution in [2.24, 2.45) is 0 Å². The van der Waals surface area contributed by atoms with Gasteiger partial charge in [-0.3, -0.25) is 9.59 Å². The molecule has 0 aromatic heterocycles. The van der Waals surface area contributed by atoms with Crippen LogP contribution in [0.25, 0.3) is 0 Å². The highest BCUT2D eigenvalue weighted by Crippen LogP contribution is 2.32. The van der Waals surface area contributed by atoms with Crippen molar-refractivity contribution >= 4 is 34.9 Å². The Hall–Kier alpha value is -2.86. The molecular weight excluding hydrogens is 370 g/mol. The van der Waals surface area contributed by atoms with Gasteiger partial charge in [0.25, 0.3) is 0 Å². The lowest BCUT2D eigenvalue weighted by Gasteiger charge is -2.17. The van der Waals surface area contributed by atoms with Crippen LogP contribution in [0.15, 0.2) is 42.5 Å². The number of ketones is 1. The maximum absolute atomic E-state index is 12.6. The second-order valence-electron chi connectivity index (χ2n) is 5.75. The third kappa shape index (κ3) is 5.08. The summed E-state index contributed by atoms with van der Waals surface area (Å²) < 4.78 is 10.6. The van der Waals surface area contributed by atoms with E-state index in [1.165, 1.54) is 26.2 Å². The van der Waals surface area contributed by atoms with Crippen LogP contribution in [0, 0.1) is 0 Å². The highest BCUT2D eigenvalue weighted by Gasteiger charge is 2.25. The van der Waals surface area contributed by atoms with Crippen LogP contribution in [0.3, 0.4) is 0 Å². The van der Waals surface area contributed by atoms with Gasteiger partial charge in [-0.1, -0.05) is 48.9 Å². The highest BCUT2D eigenvalue weighted by molar-refractivity contribution is 6.34. The van der Waals surface area contributed by atoms with Crippen molar-refractivity contribution in [3.8, 4) is 5.75 Å². The van der Waals surface area contributed by atoms with Gasteiger partial charge >= 0.3 is 5.97 Å². The fourth-order valence-corrected chi connectivity index (χ4v) is 2.68. The van der Waals surface area contributed by atoms with Gasteiger partial charge in [-0.15, -0.1) is 0 Å². The first-order chi connectivity index (χ1) is 12.9. The SMILES string of the molecule is CCC(OC(=O)c1cc(Cl)c(NC(C)=O)cc1OC)C(=O)c1ccccc1. The van der Waals surface area contributed by atoms with Gasteiger partial charge in [0.2, 0.25) is 11.7 Å². The summed E-state index contributed by atoms with van der Waals surface area (Å²) in [6.45, 7) is 3.09. The molecule has 7 heteroatoms. The number of carbonyl (C=O) groups is 3. The summed E-state index contributed by atoms with van der Waals surface area (Å²) in [5, 5.41) is 2.70. The van der Waals surface area contributed by atoms with Crippen LogP contribution in [-0.4, -0.2) is 30.9 Å². The van der Waals surface area contributed by atoms with Crippen molar-refractivity contribution in [2.45, 2.75) is 26.4 Å². The molecule has 0 fully saturated rings. The normalized spacial score (nSPS) is 11.4. The molecule has 1 unspecified atom stereocenters. The van der Waals surface area contributed by atoms with Crippen molar-refractivity contribution in [1.82, 2.24) is 0 Å². The number of carbonyl (C=O) groups excluding carboxylic acids is 3. The molecule has 1 atom stereocenters. The fourth-order valence-electron chi connectivity index (χ4n) is 2.47. The minimum atomic E-state index is -0.932. The Bertz CT molecular complexity index is 851. The maximum atomic E-state index is 12.6. The van der Waals surface area contributed by atoms with Gasteiger partial charge in [-0.2, -0.15) is 0 Å². The summed E-state index contributed by atoms with van der Waals surface area (Å²) >= 11 is 6.13. The van der Waals surface area contributed by atoms with E-state index in [2.05, 4.69) is 5.32 Å². The molecule has 142 valence electrons. The van der Waals surface area contributed by atoms with Crippen LogP contribution < -0.4 is 10.1 Å². The predicted molar refractivity (Wildman–Crippen MR) is 103 cm³/mol. The van der Waals surface area contributed by atoms with E-state index in [-0.39, 0.29) is 28.0 Å². The molecular formula is C20H20ClNO5. The Morgan fingerprint density at radius 2 is 1.81 bits per heavy atom. The number of ether oxygens (including phenoxy) is 2. The standard InChI is InChI=1S/C20H20ClNO5/c1-4-17(19(24)13-8-6-5-7-9-13)27-20(25)14-10-15(21)16(22-12(2)23)11-18(14)26-3/h5-11,17H,4H2,1-3H3,(H,22,23). The molecule has 1 amide bonds. The third-order valence-electron chi connectivity index (χ3n) is 3.79. The topological polar surface area (TPSA) is 81.7 Å². The lowest BCUT2D eigenvalue weighted by Crippen LogP contribution is -2.27. The number of methoxy groups -OCH3 is 1. The monoisotopic (exact) mass is 389 g/mol. The first-order valence-corrected chi connectivity index (χ1v) is 8.70. The molecule has 0 bridgehead atoms. The Morgan fingerprint density at radius 3 is 2.37 bits per heavy atom. The van der Waals surface area contributed by atoms with Crippen molar-refractivity contribution in [1.29, 1.82) is 0 Å². The van der Waals surface area contributed by atoms with E-state index >= 15 is 0 Å². The molecule has 0 heterocycles. The lowest BCUT2D eigenvalue weighted by atomic mass is 10.0. The number of hydrogen-bond donors (Lipinski definition) is 1. The van der Waals surface area contributed by atoms with E-state index in [4.69, 9.17) is 21.1 Å². The number of nitrogens with one attached hydrogen (secondary N) is 1. The second kappa shape index (κ2) is 9.19. The zero-order chi connectivity index (χ0) is 20.0. The number of hydrogen-bond acceptors (Lipinski definition) is 5. The Morgan fingerprint density at radius 1 is 1.15 bits per heavy atom. The molecule has 2 aromatic rings. The summed E-state index contributed by atoms with van der Waals surface area (Å²) in [5.41, 5.74) is 0.837. The minimum Gasteiger partial charge on any atom is -0.496 e. The molecule has 0 aliphatic rings. The number of Topliss-reactive ketones (excluding diaryl/α,β-unsaturated/α-hetero) is 1. The van der Waals surface area contributed by atoms with Crippen LogP contribution in [-0.2, 0) is 9.53 Å². The van der Waals surface area contributed by atoms with E-state index in [1.54, 1.807) is 37.3 Å². The average Bonchev–Trinajstić information content (AvgIpc) is 2.66. The molecule has 1 N–H and O–H groups in total. The van der Waals surface area contributed by atoms with Gasteiger partial charge < -0.3 is 14.8 Å². The first-order valence-electron chi connectivity index (χ1n) is 8.32. The van der Waals surface area contributed by atoms with Crippen molar-refractivity contribution in [3.05, 3.63) is 58.6 Å². The first kappa shape index (κ1) is 20.5. The third-order valence-corrected chi connectivity index (χ3v) is 4.10. The zero-order valence-corrected chi connectivity index (χ0v) is 16.0. The van der Waals surface area contributed by atoms with Crippen LogP contribution >= 0.6 is 11.6 Å². The van der Waals surface area contributed by atoms with Crippen LogP contribution in [0.2, 0.25) is 5.02 Å². The van der Waals surface area contributed by atoms with E-state index < -0.39 is 12.1 Å². The van der Waals surface area contributed by atoms with Crippen LogP contribution in [0.1, 0.15) is 41.0 Å². The van der Waals surface area contributed by atoms with Gasteiger partial charge in [0.1, 0.15) is 11.3 Å².